The second-order valence-electron chi connectivity index (χ2n) is 7.05. The van der Waals surface area contributed by atoms with Gasteiger partial charge in [-0.25, -0.2) is 0 Å². The molecule has 6 heteroatoms. The first kappa shape index (κ1) is 20.8. The lowest BCUT2D eigenvalue weighted by molar-refractivity contribution is 0.256. The van der Waals surface area contributed by atoms with E-state index < -0.39 is 0 Å². The second-order valence-corrected chi connectivity index (χ2v) is 8.56. The van der Waals surface area contributed by atoms with Crippen molar-refractivity contribution in [1.82, 2.24) is 15.5 Å². The van der Waals surface area contributed by atoms with E-state index in [4.69, 9.17) is 0 Å². The normalized spacial score (nSPS) is 25.3. The first-order valence-corrected chi connectivity index (χ1v) is 9.98. The van der Waals surface area contributed by atoms with E-state index >= 15 is 0 Å². The highest BCUT2D eigenvalue weighted by Crippen LogP contribution is 2.33. The van der Waals surface area contributed by atoms with Crippen molar-refractivity contribution in [2.24, 2.45) is 4.99 Å². The zero-order valence-corrected chi connectivity index (χ0v) is 18.6. The topological polar surface area (TPSA) is 39.7 Å². The second kappa shape index (κ2) is 10.0. The number of nitrogens with one attached hydrogen (secondary N) is 2. The summed E-state index contributed by atoms with van der Waals surface area (Å²) < 4.78 is 0. The lowest BCUT2D eigenvalue weighted by Gasteiger charge is -2.21. The number of hydrogen-bond donors (Lipinski definition) is 2. The number of hydrogen-bond acceptors (Lipinski definition) is 3. The average molecular weight is 474 g/mol. The van der Waals surface area contributed by atoms with Gasteiger partial charge in [0.05, 0.1) is 0 Å². The highest BCUT2D eigenvalue weighted by atomic mass is 127. The van der Waals surface area contributed by atoms with Crippen molar-refractivity contribution in [1.29, 1.82) is 0 Å². The van der Waals surface area contributed by atoms with Crippen molar-refractivity contribution in [3.05, 3.63) is 30.3 Å². The molecule has 1 heterocycles. The zero-order valence-electron chi connectivity index (χ0n) is 15.4. The molecule has 0 bridgehead atoms. The van der Waals surface area contributed by atoms with Crippen LogP contribution < -0.4 is 10.6 Å². The molecule has 0 amide bonds. The average Bonchev–Trinajstić information content (AvgIpc) is 3.36. The molecule has 1 aliphatic heterocycles. The molecule has 1 aliphatic carbocycles. The third-order valence-corrected chi connectivity index (χ3v) is 5.95. The van der Waals surface area contributed by atoms with Crippen LogP contribution in [0.25, 0.3) is 0 Å². The SMILES string of the molecule is CN=C(NCC(C)Sc1ccccc1)NC1CC(C)N(C2CC2)C1.I. The Bertz CT molecular complexity index is 550. The van der Waals surface area contributed by atoms with Crippen LogP contribution in [0.5, 0.6) is 0 Å². The first-order valence-electron chi connectivity index (χ1n) is 9.10. The molecule has 1 saturated carbocycles. The van der Waals surface area contributed by atoms with Crippen molar-refractivity contribution >= 4 is 41.7 Å². The zero-order chi connectivity index (χ0) is 16.9. The molecule has 1 aromatic carbocycles. The first-order chi connectivity index (χ1) is 11.7. The molecule has 4 nitrogen and oxygen atoms in total. The van der Waals surface area contributed by atoms with Gasteiger partial charge in [-0.2, -0.15) is 0 Å². The Morgan fingerprint density at radius 2 is 2.04 bits per heavy atom. The van der Waals surface area contributed by atoms with Gasteiger partial charge in [-0.1, -0.05) is 25.1 Å². The molecule has 2 N–H and O–H groups in total. The quantitative estimate of drug-likeness (QED) is 0.286. The van der Waals surface area contributed by atoms with Gasteiger partial charge in [-0.15, -0.1) is 35.7 Å². The summed E-state index contributed by atoms with van der Waals surface area (Å²) in [5.74, 6) is 0.936. The highest BCUT2D eigenvalue weighted by molar-refractivity contribution is 14.0. The maximum atomic E-state index is 4.41. The van der Waals surface area contributed by atoms with Crippen LogP contribution in [0.3, 0.4) is 0 Å². The van der Waals surface area contributed by atoms with Gasteiger partial charge in [0, 0.05) is 48.4 Å². The van der Waals surface area contributed by atoms with E-state index in [-0.39, 0.29) is 24.0 Å². The summed E-state index contributed by atoms with van der Waals surface area (Å²) in [7, 11) is 1.86. The van der Waals surface area contributed by atoms with E-state index in [2.05, 4.69) is 64.7 Å². The van der Waals surface area contributed by atoms with Crippen molar-refractivity contribution in [2.75, 3.05) is 20.1 Å². The minimum Gasteiger partial charge on any atom is -0.355 e. The molecule has 0 radical (unpaired) electrons. The molecule has 1 aromatic rings. The van der Waals surface area contributed by atoms with E-state index in [9.17, 15) is 0 Å². The van der Waals surface area contributed by atoms with Gasteiger partial charge < -0.3 is 10.6 Å². The molecule has 2 aliphatic rings. The molecule has 2 fully saturated rings. The molecule has 1 saturated heterocycles. The van der Waals surface area contributed by atoms with Crippen LogP contribution in [0.1, 0.15) is 33.1 Å². The van der Waals surface area contributed by atoms with Crippen LogP contribution >= 0.6 is 35.7 Å². The summed E-state index contributed by atoms with van der Waals surface area (Å²) in [4.78, 5) is 8.39. The predicted molar refractivity (Wildman–Crippen MR) is 119 cm³/mol. The highest BCUT2D eigenvalue weighted by Gasteiger charge is 2.38. The third-order valence-electron chi connectivity index (χ3n) is 4.84. The monoisotopic (exact) mass is 474 g/mol. The van der Waals surface area contributed by atoms with Crippen LogP contribution in [0.4, 0.5) is 0 Å². The van der Waals surface area contributed by atoms with E-state index in [1.807, 2.05) is 18.8 Å². The Morgan fingerprint density at radius 1 is 1.32 bits per heavy atom. The van der Waals surface area contributed by atoms with E-state index in [0.717, 1.165) is 25.1 Å². The number of rotatable bonds is 6. The molecule has 25 heavy (non-hydrogen) atoms. The van der Waals surface area contributed by atoms with Crippen LogP contribution in [0, 0.1) is 0 Å². The Morgan fingerprint density at radius 3 is 2.68 bits per heavy atom. The van der Waals surface area contributed by atoms with E-state index in [1.54, 1.807) is 0 Å². The number of aliphatic imine (C=N–C) groups is 1. The van der Waals surface area contributed by atoms with E-state index in [0.29, 0.717) is 17.3 Å². The van der Waals surface area contributed by atoms with Crippen LogP contribution in [0.15, 0.2) is 40.2 Å². The summed E-state index contributed by atoms with van der Waals surface area (Å²) in [5.41, 5.74) is 0. The number of benzene rings is 1. The summed E-state index contributed by atoms with van der Waals surface area (Å²) in [6.07, 6.45) is 3.99. The molecule has 140 valence electrons. The van der Waals surface area contributed by atoms with Crippen molar-refractivity contribution < 1.29 is 0 Å². The Labute approximate surface area is 173 Å². The largest absolute Gasteiger partial charge is 0.355 e. The van der Waals surface area contributed by atoms with E-state index in [1.165, 1.54) is 24.2 Å². The molecule has 0 spiro atoms. The Balaban J connectivity index is 0.00000225. The van der Waals surface area contributed by atoms with Gasteiger partial charge in [-0.05, 0) is 38.3 Å². The molecule has 3 unspecified atom stereocenters. The van der Waals surface area contributed by atoms with Crippen LogP contribution in [-0.2, 0) is 0 Å². The fraction of sp³-hybridized carbons (Fsp3) is 0.632. The fourth-order valence-corrected chi connectivity index (χ4v) is 4.42. The van der Waals surface area contributed by atoms with Gasteiger partial charge in [0.15, 0.2) is 5.96 Å². The minimum atomic E-state index is 0. The van der Waals surface area contributed by atoms with Crippen molar-refractivity contribution in [3.8, 4) is 0 Å². The number of guanidine groups is 1. The molecule has 3 atom stereocenters. The summed E-state index contributed by atoms with van der Waals surface area (Å²) in [6.45, 7) is 6.67. The third kappa shape index (κ3) is 6.32. The minimum absolute atomic E-state index is 0. The molecule has 3 rings (SSSR count). The maximum absolute atomic E-state index is 4.41. The molecular weight excluding hydrogens is 443 g/mol. The Hall–Kier alpha value is -0.470. The smallest absolute Gasteiger partial charge is 0.191 e. The van der Waals surface area contributed by atoms with Crippen molar-refractivity contribution in [3.63, 3.8) is 0 Å². The lowest BCUT2D eigenvalue weighted by atomic mass is 10.2. The van der Waals surface area contributed by atoms with Gasteiger partial charge in [0.1, 0.15) is 0 Å². The van der Waals surface area contributed by atoms with Crippen molar-refractivity contribution in [2.45, 2.75) is 61.4 Å². The number of nitrogens with zero attached hydrogens (tertiary/aromatic N) is 2. The van der Waals surface area contributed by atoms with Gasteiger partial charge >= 0.3 is 0 Å². The molecular formula is C19H31IN4S. The van der Waals surface area contributed by atoms with Crippen LogP contribution in [-0.4, -0.2) is 54.4 Å². The molecule has 0 aromatic heterocycles. The lowest BCUT2D eigenvalue weighted by Crippen LogP contribution is -2.46. The summed E-state index contributed by atoms with van der Waals surface area (Å²) in [6, 6.07) is 12.6. The number of likely N-dealkylation sites (tertiary alicyclic amines) is 1. The fourth-order valence-electron chi connectivity index (χ4n) is 3.48. The predicted octanol–water partition coefficient (Wildman–Crippen LogP) is 3.58. The van der Waals surface area contributed by atoms with Gasteiger partial charge in [-0.3, -0.25) is 9.89 Å². The van der Waals surface area contributed by atoms with Gasteiger partial charge in [0.25, 0.3) is 0 Å². The van der Waals surface area contributed by atoms with Gasteiger partial charge in [0.2, 0.25) is 0 Å². The maximum Gasteiger partial charge on any atom is 0.191 e. The standard InChI is InChI=1S/C19H30N4S.HI/c1-14-11-16(13-23(14)17-9-10-17)22-19(20-3)21-12-15(2)24-18-7-5-4-6-8-18;/h4-8,14-17H,9-13H2,1-3H3,(H2,20,21,22);1H. The Kier molecular flexibility index (Phi) is 8.35. The summed E-state index contributed by atoms with van der Waals surface area (Å²) >= 11 is 1.90. The summed E-state index contributed by atoms with van der Waals surface area (Å²) in [5, 5.41) is 7.60. The number of thioether (sulfide) groups is 1. The number of halogens is 1. The van der Waals surface area contributed by atoms with Crippen LogP contribution in [0.2, 0.25) is 0 Å².